The van der Waals surface area contributed by atoms with Crippen molar-refractivity contribution in [3.63, 3.8) is 0 Å². The Morgan fingerprint density at radius 1 is 1.08 bits per heavy atom. The molecular formula is C19H31NO4. The maximum absolute atomic E-state index is 13.5. The van der Waals surface area contributed by atoms with E-state index in [0.29, 0.717) is 19.7 Å². The summed E-state index contributed by atoms with van der Waals surface area (Å²) >= 11 is 0. The molecule has 1 amide bonds. The molecule has 0 N–H and O–H groups in total. The van der Waals surface area contributed by atoms with Crippen LogP contribution in [0.5, 0.6) is 0 Å². The Hall–Kier alpha value is -1.10. The Morgan fingerprint density at radius 2 is 1.62 bits per heavy atom. The Morgan fingerprint density at radius 3 is 2.08 bits per heavy atom. The van der Waals surface area contributed by atoms with Crippen LogP contribution in [0.3, 0.4) is 0 Å². The van der Waals surface area contributed by atoms with Crippen molar-refractivity contribution in [3.05, 3.63) is 0 Å². The average Bonchev–Trinajstić information content (AvgIpc) is 2.55. The van der Waals surface area contributed by atoms with Crippen LogP contribution in [-0.2, 0) is 19.1 Å². The van der Waals surface area contributed by atoms with Gasteiger partial charge in [0.15, 0.2) is 0 Å². The molecule has 4 saturated carbocycles. The molecular weight excluding hydrogens is 306 g/mol. The summed E-state index contributed by atoms with van der Waals surface area (Å²) in [7, 11) is 3.05. The first-order valence-electron chi connectivity index (χ1n) is 9.33. The summed E-state index contributed by atoms with van der Waals surface area (Å²) in [6.45, 7) is 3.32. The first-order chi connectivity index (χ1) is 11.5. The largest absolute Gasteiger partial charge is 0.469 e. The molecule has 4 rings (SSSR count). The summed E-state index contributed by atoms with van der Waals surface area (Å²) in [4.78, 5) is 27.1. The van der Waals surface area contributed by atoms with Gasteiger partial charge in [0.25, 0.3) is 0 Å². The van der Waals surface area contributed by atoms with E-state index in [0.717, 1.165) is 37.0 Å². The Kier molecular flexibility index (Phi) is 5.19. The van der Waals surface area contributed by atoms with Crippen LogP contribution in [0.1, 0.15) is 45.4 Å². The van der Waals surface area contributed by atoms with Gasteiger partial charge < -0.3 is 14.4 Å². The van der Waals surface area contributed by atoms with Gasteiger partial charge in [-0.3, -0.25) is 9.59 Å². The van der Waals surface area contributed by atoms with E-state index in [1.165, 1.54) is 26.4 Å². The lowest BCUT2D eigenvalue weighted by Gasteiger charge is -2.56. The van der Waals surface area contributed by atoms with Crippen LogP contribution in [0, 0.1) is 29.1 Å². The molecule has 1 unspecified atom stereocenters. The first-order valence-corrected chi connectivity index (χ1v) is 9.33. The number of ether oxygens (including phenoxy) is 2. The lowest BCUT2D eigenvalue weighted by molar-refractivity contribution is -0.160. The van der Waals surface area contributed by atoms with Gasteiger partial charge in [-0.15, -0.1) is 0 Å². The number of hydrogen-bond acceptors (Lipinski definition) is 4. The predicted octanol–water partition coefficient (Wildman–Crippen LogP) is 2.49. The minimum absolute atomic E-state index is 0.168. The summed E-state index contributed by atoms with van der Waals surface area (Å²) < 4.78 is 10.0. The van der Waals surface area contributed by atoms with Crippen LogP contribution in [0.15, 0.2) is 0 Å². The normalized spacial score (nSPS) is 34.9. The smallest absolute Gasteiger partial charge is 0.310 e. The molecule has 5 heteroatoms. The van der Waals surface area contributed by atoms with Gasteiger partial charge in [-0.25, -0.2) is 0 Å². The number of nitrogens with zero attached hydrogens (tertiary/aromatic N) is 1. The lowest BCUT2D eigenvalue weighted by Crippen LogP contribution is -2.55. The highest BCUT2D eigenvalue weighted by Gasteiger charge is 2.55. The molecule has 136 valence electrons. The van der Waals surface area contributed by atoms with Crippen LogP contribution in [0.25, 0.3) is 0 Å². The minimum Gasteiger partial charge on any atom is -0.469 e. The van der Waals surface area contributed by atoms with Crippen LogP contribution < -0.4 is 0 Å². The Labute approximate surface area is 145 Å². The molecule has 0 aliphatic heterocycles. The number of carbonyl (C=O) groups is 2. The molecule has 5 nitrogen and oxygen atoms in total. The highest BCUT2D eigenvalue weighted by Crippen LogP contribution is 2.60. The highest BCUT2D eigenvalue weighted by atomic mass is 16.5. The van der Waals surface area contributed by atoms with Crippen LogP contribution in [-0.4, -0.2) is 50.7 Å². The van der Waals surface area contributed by atoms with Crippen LogP contribution in [0.4, 0.5) is 0 Å². The van der Waals surface area contributed by atoms with E-state index in [9.17, 15) is 9.59 Å². The summed E-state index contributed by atoms with van der Waals surface area (Å²) in [5.41, 5.74) is -0.168. The van der Waals surface area contributed by atoms with Crippen LogP contribution >= 0.6 is 0 Å². The average molecular weight is 337 g/mol. The molecule has 4 fully saturated rings. The fraction of sp³-hybridized carbons (Fsp3) is 0.895. The molecule has 0 aromatic heterocycles. The third-order valence-electron chi connectivity index (χ3n) is 6.44. The van der Waals surface area contributed by atoms with E-state index in [2.05, 4.69) is 0 Å². The number of esters is 1. The lowest BCUT2D eigenvalue weighted by atomic mass is 9.49. The van der Waals surface area contributed by atoms with Gasteiger partial charge in [-0.2, -0.15) is 0 Å². The molecule has 0 aromatic carbocycles. The second kappa shape index (κ2) is 7.03. The second-order valence-corrected chi connectivity index (χ2v) is 8.37. The fourth-order valence-electron chi connectivity index (χ4n) is 5.79. The van der Waals surface area contributed by atoms with Crippen molar-refractivity contribution in [3.8, 4) is 0 Å². The third kappa shape index (κ3) is 3.32. The monoisotopic (exact) mass is 337 g/mol. The summed E-state index contributed by atoms with van der Waals surface area (Å²) in [6, 6.07) is 0. The first kappa shape index (κ1) is 17.7. The summed E-state index contributed by atoms with van der Waals surface area (Å²) in [5, 5.41) is 0. The second-order valence-electron chi connectivity index (χ2n) is 8.37. The highest BCUT2D eigenvalue weighted by molar-refractivity contribution is 5.84. The number of amides is 1. The molecule has 24 heavy (non-hydrogen) atoms. The van der Waals surface area contributed by atoms with Gasteiger partial charge in [0.2, 0.25) is 5.91 Å². The fourth-order valence-corrected chi connectivity index (χ4v) is 5.79. The minimum atomic E-state index is -0.301. The molecule has 4 aliphatic carbocycles. The SMILES string of the molecule is COCCN(CC(C)C(=O)OC)C(=O)C12CC3CC(CC(C3)C1)C2. The van der Waals surface area contributed by atoms with Gasteiger partial charge >= 0.3 is 5.97 Å². The van der Waals surface area contributed by atoms with E-state index >= 15 is 0 Å². The third-order valence-corrected chi connectivity index (χ3v) is 6.44. The molecule has 4 aliphatic rings. The van der Waals surface area contributed by atoms with Crippen molar-refractivity contribution in [2.45, 2.75) is 45.4 Å². The van der Waals surface area contributed by atoms with Crippen molar-refractivity contribution < 1.29 is 19.1 Å². The van der Waals surface area contributed by atoms with Crippen molar-refractivity contribution >= 4 is 11.9 Å². The number of rotatable bonds is 7. The van der Waals surface area contributed by atoms with Crippen molar-refractivity contribution in [2.24, 2.45) is 29.1 Å². The van der Waals surface area contributed by atoms with Gasteiger partial charge in [0.1, 0.15) is 0 Å². The number of hydrogen-bond donors (Lipinski definition) is 0. The molecule has 0 aromatic rings. The topological polar surface area (TPSA) is 55.8 Å². The zero-order valence-corrected chi connectivity index (χ0v) is 15.3. The zero-order valence-electron chi connectivity index (χ0n) is 15.3. The van der Waals surface area contributed by atoms with E-state index in [4.69, 9.17) is 9.47 Å². The Balaban J connectivity index is 1.74. The number of methoxy groups -OCH3 is 2. The van der Waals surface area contributed by atoms with E-state index in [1.807, 2.05) is 11.8 Å². The van der Waals surface area contributed by atoms with Crippen LogP contribution in [0.2, 0.25) is 0 Å². The van der Waals surface area contributed by atoms with Crippen molar-refractivity contribution in [2.75, 3.05) is 33.9 Å². The molecule has 1 atom stereocenters. The standard InChI is InChI=1S/C19H31NO4/c1-13(17(21)24-3)12-20(4-5-23-2)18(22)19-9-14-6-15(10-19)8-16(7-14)11-19/h13-16H,4-12H2,1-3H3. The predicted molar refractivity (Wildman–Crippen MR) is 90.2 cm³/mol. The van der Waals surface area contributed by atoms with Gasteiger partial charge in [-0.1, -0.05) is 6.92 Å². The maximum Gasteiger partial charge on any atom is 0.310 e. The molecule has 0 radical (unpaired) electrons. The zero-order chi connectivity index (χ0) is 17.3. The van der Waals surface area contributed by atoms with Gasteiger partial charge in [-0.05, 0) is 56.3 Å². The molecule has 0 saturated heterocycles. The van der Waals surface area contributed by atoms with Gasteiger partial charge in [0, 0.05) is 20.2 Å². The summed E-state index contributed by atoms with van der Waals surface area (Å²) in [5.74, 6) is 1.92. The maximum atomic E-state index is 13.5. The van der Waals surface area contributed by atoms with E-state index in [-0.39, 0.29) is 23.2 Å². The quantitative estimate of drug-likeness (QED) is 0.670. The Bertz CT molecular complexity index is 454. The van der Waals surface area contributed by atoms with E-state index < -0.39 is 0 Å². The van der Waals surface area contributed by atoms with E-state index in [1.54, 1.807) is 7.11 Å². The molecule has 0 spiro atoms. The summed E-state index contributed by atoms with van der Waals surface area (Å²) in [6.07, 6.45) is 7.12. The van der Waals surface area contributed by atoms with Gasteiger partial charge in [0.05, 0.1) is 25.0 Å². The molecule has 0 heterocycles. The van der Waals surface area contributed by atoms with Crippen molar-refractivity contribution in [1.29, 1.82) is 0 Å². The number of carbonyl (C=O) groups excluding carboxylic acids is 2. The van der Waals surface area contributed by atoms with Crippen molar-refractivity contribution in [1.82, 2.24) is 4.90 Å². The molecule has 4 bridgehead atoms.